The smallest absolute Gasteiger partial charge is 0.416 e. The van der Waals surface area contributed by atoms with Crippen LogP contribution in [-0.2, 0) is 17.1 Å². The summed E-state index contributed by atoms with van der Waals surface area (Å²) in [6.07, 6.45) is -9.71. The standard InChI is InChI=1S/C29H27F6N5O4/c1-27(2,3)44-26(43)39-9-7-15(8-10-39)21-14-22(41)37-24-23-19(5-4-6-20(23)38-40(21)24)36-25(42)16-11-17(28(30,31)32)13-18(12-16)29(33,34)35/h4-6,11-15H,7-10H2,1-3H3,(H,36,42)(H,37,41). The number of halogens is 6. The van der Waals surface area contributed by atoms with Gasteiger partial charge in [-0.1, -0.05) is 6.07 Å². The van der Waals surface area contributed by atoms with Gasteiger partial charge in [0.15, 0.2) is 0 Å². The number of rotatable bonds is 3. The van der Waals surface area contributed by atoms with Crippen LogP contribution in [0, 0.1) is 0 Å². The minimum Gasteiger partial charge on any atom is -0.444 e. The number of anilines is 1. The zero-order valence-electron chi connectivity index (χ0n) is 23.7. The Balaban J connectivity index is 1.49. The molecule has 0 radical (unpaired) electrons. The van der Waals surface area contributed by atoms with Crippen LogP contribution in [-0.4, -0.2) is 50.2 Å². The van der Waals surface area contributed by atoms with E-state index in [1.165, 1.54) is 22.7 Å². The summed E-state index contributed by atoms with van der Waals surface area (Å²) in [5.74, 6) is -1.40. The van der Waals surface area contributed by atoms with Crippen molar-refractivity contribution in [3.63, 3.8) is 0 Å². The van der Waals surface area contributed by atoms with Crippen molar-refractivity contribution in [3.05, 3.63) is 75.2 Å². The number of alkyl halides is 6. The molecule has 0 bridgehead atoms. The number of benzene rings is 2. The number of nitrogens with zero attached hydrogens (tertiary/aromatic N) is 3. The van der Waals surface area contributed by atoms with Gasteiger partial charge in [0.25, 0.3) is 11.5 Å². The number of hydrogen-bond donors (Lipinski definition) is 2. The van der Waals surface area contributed by atoms with E-state index < -0.39 is 52.2 Å². The Labute approximate surface area is 245 Å². The van der Waals surface area contributed by atoms with Gasteiger partial charge in [-0.15, -0.1) is 0 Å². The normalized spacial score (nSPS) is 15.2. The van der Waals surface area contributed by atoms with Gasteiger partial charge in [-0.3, -0.25) is 9.59 Å². The van der Waals surface area contributed by atoms with Crippen molar-refractivity contribution in [2.45, 2.75) is 57.5 Å². The molecule has 234 valence electrons. The highest BCUT2D eigenvalue weighted by Crippen LogP contribution is 2.37. The van der Waals surface area contributed by atoms with Crippen molar-refractivity contribution in [3.8, 4) is 0 Å². The summed E-state index contributed by atoms with van der Waals surface area (Å²) >= 11 is 0. The number of nitrogens with one attached hydrogen (secondary N) is 2. The highest BCUT2D eigenvalue weighted by atomic mass is 19.4. The lowest BCUT2D eigenvalue weighted by Crippen LogP contribution is -2.41. The van der Waals surface area contributed by atoms with Crippen LogP contribution in [0.4, 0.5) is 36.8 Å². The van der Waals surface area contributed by atoms with Crippen molar-refractivity contribution in [2.24, 2.45) is 0 Å². The van der Waals surface area contributed by atoms with E-state index in [9.17, 15) is 40.7 Å². The number of aromatic amines is 1. The number of hydrogen-bond acceptors (Lipinski definition) is 5. The lowest BCUT2D eigenvalue weighted by Gasteiger charge is -2.33. The van der Waals surface area contributed by atoms with Crippen molar-refractivity contribution in [1.82, 2.24) is 19.5 Å². The molecular formula is C29H27F6N5O4. The molecule has 3 heterocycles. The monoisotopic (exact) mass is 623 g/mol. The third-order valence-electron chi connectivity index (χ3n) is 7.13. The number of ether oxygens (including phenoxy) is 1. The van der Waals surface area contributed by atoms with Crippen molar-refractivity contribution >= 4 is 34.2 Å². The molecule has 1 aliphatic rings. The number of carbonyl (C=O) groups excluding carboxylic acids is 2. The molecule has 44 heavy (non-hydrogen) atoms. The summed E-state index contributed by atoms with van der Waals surface area (Å²) in [7, 11) is 0. The summed E-state index contributed by atoms with van der Waals surface area (Å²) in [6, 6.07) is 6.46. The molecule has 2 amide bonds. The van der Waals surface area contributed by atoms with E-state index in [2.05, 4.69) is 15.4 Å². The molecule has 1 saturated heterocycles. The van der Waals surface area contributed by atoms with Gasteiger partial charge >= 0.3 is 18.4 Å². The molecule has 0 aliphatic carbocycles. The Morgan fingerprint density at radius 2 is 1.57 bits per heavy atom. The fourth-order valence-electron chi connectivity index (χ4n) is 5.15. The maximum Gasteiger partial charge on any atom is 0.416 e. The summed E-state index contributed by atoms with van der Waals surface area (Å²) < 4.78 is 87.0. The molecule has 15 heteroatoms. The fraction of sp³-hybridized carbons (Fsp3) is 0.379. The Hall–Kier alpha value is -4.56. The second-order valence-electron chi connectivity index (χ2n) is 11.5. The van der Waals surface area contributed by atoms with Gasteiger partial charge in [0.05, 0.1) is 33.4 Å². The van der Waals surface area contributed by atoms with Gasteiger partial charge < -0.3 is 19.9 Å². The molecule has 0 atom stereocenters. The first kappa shape index (κ1) is 30.9. The third-order valence-corrected chi connectivity index (χ3v) is 7.13. The molecule has 4 aromatic rings. The van der Waals surface area contributed by atoms with E-state index in [-0.39, 0.29) is 28.7 Å². The van der Waals surface area contributed by atoms with Crippen molar-refractivity contribution < 1.29 is 40.7 Å². The Kier molecular flexibility index (Phi) is 7.62. The van der Waals surface area contributed by atoms with Gasteiger partial charge in [-0.2, -0.15) is 31.4 Å². The first-order valence-corrected chi connectivity index (χ1v) is 13.5. The minimum absolute atomic E-state index is 0.0148. The lowest BCUT2D eigenvalue weighted by molar-refractivity contribution is -0.143. The van der Waals surface area contributed by atoms with E-state index in [0.717, 1.165) is 0 Å². The van der Waals surface area contributed by atoms with E-state index in [0.29, 0.717) is 49.3 Å². The van der Waals surface area contributed by atoms with Gasteiger partial charge in [0, 0.05) is 30.6 Å². The van der Waals surface area contributed by atoms with Crippen LogP contribution in [0.2, 0.25) is 0 Å². The van der Waals surface area contributed by atoms with Gasteiger partial charge in [-0.05, 0) is 63.9 Å². The Morgan fingerprint density at radius 1 is 0.955 bits per heavy atom. The largest absolute Gasteiger partial charge is 0.444 e. The number of amides is 2. The number of aromatic nitrogens is 3. The average molecular weight is 624 g/mol. The Morgan fingerprint density at radius 3 is 2.14 bits per heavy atom. The molecule has 2 aromatic heterocycles. The molecule has 1 aliphatic heterocycles. The zero-order chi connectivity index (χ0) is 32.2. The van der Waals surface area contributed by atoms with Gasteiger partial charge in [-0.25, -0.2) is 9.31 Å². The quantitative estimate of drug-likeness (QED) is 0.251. The minimum atomic E-state index is -5.13. The second kappa shape index (κ2) is 10.9. The summed E-state index contributed by atoms with van der Waals surface area (Å²) in [4.78, 5) is 42.5. The van der Waals surface area contributed by atoms with Crippen LogP contribution in [0.1, 0.15) is 66.7 Å². The van der Waals surface area contributed by atoms with Gasteiger partial charge in [0.1, 0.15) is 11.2 Å². The molecule has 1 fully saturated rings. The molecule has 0 spiro atoms. The van der Waals surface area contributed by atoms with Crippen molar-refractivity contribution in [2.75, 3.05) is 18.4 Å². The predicted molar refractivity (Wildman–Crippen MR) is 147 cm³/mol. The maximum atomic E-state index is 13.4. The van der Waals surface area contributed by atoms with Crippen LogP contribution in [0.5, 0.6) is 0 Å². The predicted octanol–water partition coefficient (Wildman–Crippen LogP) is 6.58. The topological polar surface area (TPSA) is 109 Å². The number of likely N-dealkylation sites (tertiary alicyclic amines) is 1. The van der Waals surface area contributed by atoms with Crippen molar-refractivity contribution in [1.29, 1.82) is 0 Å². The lowest BCUT2D eigenvalue weighted by atomic mass is 9.93. The van der Waals surface area contributed by atoms with E-state index in [1.807, 2.05) is 0 Å². The first-order valence-electron chi connectivity index (χ1n) is 13.5. The van der Waals surface area contributed by atoms with E-state index >= 15 is 0 Å². The van der Waals surface area contributed by atoms with E-state index in [1.54, 1.807) is 31.7 Å². The number of fused-ring (bicyclic) bond motifs is 3. The average Bonchev–Trinajstić information content (AvgIpc) is 3.30. The highest BCUT2D eigenvalue weighted by molar-refractivity contribution is 6.12. The second-order valence-corrected chi connectivity index (χ2v) is 11.5. The van der Waals surface area contributed by atoms with Crippen LogP contribution in [0.15, 0.2) is 47.3 Å². The van der Waals surface area contributed by atoms with E-state index in [4.69, 9.17) is 4.74 Å². The highest BCUT2D eigenvalue weighted by Gasteiger charge is 2.38. The maximum absolute atomic E-state index is 13.4. The molecular weight excluding hydrogens is 596 g/mol. The SMILES string of the molecule is CC(C)(C)OC(=O)N1CCC(c2cc(=O)[nH]c3c4c(NC(=O)c5cc(C(F)(F)F)cc(C(F)(F)F)c5)cccc4nn23)CC1. The third kappa shape index (κ3) is 6.36. The molecule has 2 N–H and O–H groups in total. The summed E-state index contributed by atoms with van der Waals surface area (Å²) in [6.45, 7) is 6.04. The van der Waals surface area contributed by atoms with Gasteiger partial charge in [0.2, 0.25) is 0 Å². The molecule has 5 rings (SSSR count). The summed E-state index contributed by atoms with van der Waals surface area (Å²) in [5.41, 5.74) is -4.22. The van der Waals surface area contributed by atoms with Crippen LogP contribution < -0.4 is 10.9 Å². The molecule has 0 saturated carbocycles. The zero-order valence-corrected chi connectivity index (χ0v) is 23.7. The number of piperidine rings is 1. The first-order chi connectivity index (χ1) is 20.4. The van der Waals surface area contributed by atoms with Crippen LogP contribution in [0.25, 0.3) is 16.6 Å². The number of carbonyl (C=O) groups is 2. The Bertz CT molecular complexity index is 1780. The van der Waals surface area contributed by atoms with Crippen LogP contribution in [0.3, 0.4) is 0 Å². The molecule has 2 aromatic carbocycles. The molecule has 9 nitrogen and oxygen atoms in total. The fourth-order valence-corrected chi connectivity index (χ4v) is 5.15. The number of H-pyrrole nitrogens is 1. The summed E-state index contributed by atoms with van der Waals surface area (Å²) in [5, 5.41) is 7.18. The van der Waals surface area contributed by atoms with Crippen LogP contribution >= 0.6 is 0 Å². The molecule has 0 unspecified atom stereocenters.